The minimum atomic E-state index is -0.356. The summed E-state index contributed by atoms with van der Waals surface area (Å²) in [6.45, 7) is 0.660. The van der Waals surface area contributed by atoms with Gasteiger partial charge in [-0.1, -0.05) is 84.9 Å². The molecule has 0 saturated carbocycles. The van der Waals surface area contributed by atoms with Gasteiger partial charge in [-0.25, -0.2) is 0 Å². The number of nitro groups is 1. The molecular weight excluding hydrogens is 412 g/mol. The van der Waals surface area contributed by atoms with Crippen molar-refractivity contribution in [1.82, 2.24) is 5.32 Å². The van der Waals surface area contributed by atoms with Crippen LogP contribution in [0.5, 0.6) is 5.75 Å². The standard InChI is InChI=1S/C28H26N2O3/c1-33-26-17-15-23(16-18-26)28(24-13-8-14-25(19-24)30(31)32)29-20-27(21-9-4-2-5-10-21)22-11-6-3-7-12-22/h2-19,27-29H,20H2,1H3. The van der Waals surface area contributed by atoms with Gasteiger partial charge in [0.15, 0.2) is 0 Å². The van der Waals surface area contributed by atoms with E-state index in [2.05, 4.69) is 29.6 Å². The molecule has 5 heteroatoms. The van der Waals surface area contributed by atoms with Crippen LogP contribution >= 0.6 is 0 Å². The SMILES string of the molecule is COc1ccc(C(NCC(c2ccccc2)c2ccccc2)c2cccc([N+](=O)[O-])c2)cc1. The fourth-order valence-corrected chi connectivity index (χ4v) is 4.08. The van der Waals surface area contributed by atoms with Gasteiger partial charge in [0.1, 0.15) is 5.75 Å². The molecule has 0 fully saturated rings. The first kappa shape index (κ1) is 22.2. The Balaban J connectivity index is 1.69. The van der Waals surface area contributed by atoms with Gasteiger partial charge in [-0.2, -0.15) is 0 Å². The highest BCUT2D eigenvalue weighted by Crippen LogP contribution is 2.29. The number of rotatable bonds is 9. The van der Waals surface area contributed by atoms with E-state index < -0.39 is 0 Å². The lowest BCUT2D eigenvalue weighted by molar-refractivity contribution is -0.384. The lowest BCUT2D eigenvalue weighted by atomic mass is 9.90. The van der Waals surface area contributed by atoms with Gasteiger partial charge >= 0.3 is 0 Å². The van der Waals surface area contributed by atoms with E-state index in [1.165, 1.54) is 17.2 Å². The van der Waals surface area contributed by atoms with Crippen LogP contribution in [0.1, 0.15) is 34.2 Å². The maximum Gasteiger partial charge on any atom is 0.269 e. The Morgan fingerprint density at radius 2 is 1.33 bits per heavy atom. The van der Waals surface area contributed by atoms with E-state index in [0.29, 0.717) is 6.54 Å². The number of hydrogen-bond acceptors (Lipinski definition) is 4. The van der Waals surface area contributed by atoms with Crippen molar-refractivity contribution in [2.75, 3.05) is 13.7 Å². The predicted molar refractivity (Wildman–Crippen MR) is 131 cm³/mol. The fourth-order valence-electron chi connectivity index (χ4n) is 4.08. The monoisotopic (exact) mass is 438 g/mol. The molecule has 0 aromatic heterocycles. The van der Waals surface area contributed by atoms with Crippen molar-refractivity contribution >= 4 is 5.69 Å². The number of ether oxygens (including phenoxy) is 1. The van der Waals surface area contributed by atoms with Crippen LogP contribution < -0.4 is 10.1 Å². The summed E-state index contributed by atoms with van der Waals surface area (Å²) < 4.78 is 5.31. The molecule has 0 spiro atoms. The van der Waals surface area contributed by atoms with E-state index in [1.54, 1.807) is 19.2 Å². The predicted octanol–water partition coefficient (Wildman–Crippen LogP) is 6.11. The Kier molecular flexibility index (Phi) is 7.12. The number of methoxy groups -OCH3 is 1. The van der Waals surface area contributed by atoms with Crippen molar-refractivity contribution < 1.29 is 9.66 Å². The third kappa shape index (κ3) is 5.45. The number of hydrogen-bond donors (Lipinski definition) is 1. The largest absolute Gasteiger partial charge is 0.497 e. The number of nitrogens with one attached hydrogen (secondary N) is 1. The number of nitrogens with zero attached hydrogens (tertiary/aromatic N) is 1. The summed E-state index contributed by atoms with van der Waals surface area (Å²) in [4.78, 5) is 11.0. The van der Waals surface area contributed by atoms with Gasteiger partial charge in [0.25, 0.3) is 5.69 Å². The second-order valence-electron chi connectivity index (χ2n) is 7.84. The van der Waals surface area contributed by atoms with Gasteiger partial charge < -0.3 is 10.1 Å². The lowest BCUT2D eigenvalue weighted by Crippen LogP contribution is -2.28. The molecule has 1 atom stereocenters. The molecule has 33 heavy (non-hydrogen) atoms. The summed E-state index contributed by atoms with van der Waals surface area (Å²) in [5.74, 6) is 0.898. The second kappa shape index (κ2) is 10.6. The zero-order valence-corrected chi connectivity index (χ0v) is 18.4. The smallest absolute Gasteiger partial charge is 0.269 e. The molecule has 4 rings (SSSR count). The van der Waals surface area contributed by atoms with E-state index in [9.17, 15) is 10.1 Å². The number of non-ortho nitro benzene ring substituents is 1. The highest BCUT2D eigenvalue weighted by Gasteiger charge is 2.20. The molecule has 5 nitrogen and oxygen atoms in total. The van der Waals surface area contributed by atoms with Crippen molar-refractivity contribution in [3.63, 3.8) is 0 Å². The Morgan fingerprint density at radius 1 is 0.758 bits per heavy atom. The van der Waals surface area contributed by atoms with Crippen molar-refractivity contribution in [3.8, 4) is 5.75 Å². The molecule has 0 heterocycles. The van der Waals surface area contributed by atoms with E-state index in [1.807, 2.05) is 66.7 Å². The van der Waals surface area contributed by atoms with Crippen LogP contribution in [-0.4, -0.2) is 18.6 Å². The summed E-state index contributed by atoms with van der Waals surface area (Å²) in [5.41, 5.74) is 4.35. The van der Waals surface area contributed by atoms with Gasteiger partial charge in [0.05, 0.1) is 18.1 Å². The minimum absolute atomic E-state index is 0.0791. The molecule has 4 aromatic carbocycles. The molecule has 1 N–H and O–H groups in total. The van der Waals surface area contributed by atoms with Crippen LogP contribution in [0.4, 0.5) is 5.69 Å². The van der Waals surface area contributed by atoms with Crippen molar-refractivity contribution in [1.29, 1.82) is 0 Å². The molecule has 0 saturated heterocycles. The maximum atomic E-state index is 11.4. The van der Waals surface area contributed by atoms with Crippen molar-refractivity contribution in [2.24, 2.45) is 0 Å². The first-order valence-electron chi connectivity index (χ1n) is 10.9. The highest BCUT2D eigenvalue weighted by atomic mass is 16.6. The second-order valence-corrected chi connectivity index (χ2v) is 7.84. The molecule has 0 amide bonds. The first-order chi connectivity index (χ1) is 16.2. The summed E-state index contributed by atoms with van der Waals surface area (Å²) in [5, 5.41) is 15.1. The minimum Gasteiger partial charge on any atom is -0.497 e. The van der Waals surface area contributed by atoms with Crippen LogP contribution in [-0.2, 0) is 0 Å². The van der Waals surface area contributed by atoms with Gasteiger partial charge in [-0.05, 0) is 34.4 Å². The molecule has 0 bridgehead atoms. The molecule has 4 aromatic rings. The quantitative estimate of drug-likeness (QED) is 0.253. The number of nitro benzene ring substituents is 1. The van der Waals surface area contributed by atoms with Gasteiger partial charge in [-0.3, -0.25) is 10.1 Å². The average Bonchev–Trinajstić information content (AvgIpc) is 2.88. The molecule has 166 valence electrons. The first-order valence-corrected chi connectivity index (χ1v) is 10.9. The van der Waals surface area contributed by atoms with Crippen LogP contribution in [0.15, 0.2) is 109 Å². The Hall–Kier alpha value is -3.96. The maximum absolute atomic E-state index is 11.4. The summed E-state index contributed by atoms with van der Waals surface area (Å²) >= 11 is 0. The van der Waals surface area contributed by atoms with Crippen LogP contribution in [0.2, 0.25) is 0 Å². The van der Waals surface area contributed by atoms with E-state index in [4.69, 9.17) is 4.74 Å². The van der Waals surface area contributed by atoms with Crippen molar-refractivity contribution in [3.05, 3.63) is 142 Å². The van der Waals surface area contributed by atoms with Gasteiger partial charge in [0, 0.05) is 24.6 Å². The fraction of sp³-hybridized carbons (Fsp3) is 0.143. The molecule has 1 unspecified atom stereocenters. The lowest BCUT2D eigenvalue weighted by Gasteiger charge is -2.25. The average molecular weight is 439 g/mol. The molecular formula is C28H26N2O3. The Bertz CT molecular complexity index is 1140. The van der Waals surface area contributed by atoms with E-state index in [-0.39, 0.29) is 22.6 Å². The topological polar surface area (TPSA) is 64.4 Å². The summed E-state index contributed by atoms with van der Waals surface area (Å²) in [6.07, 6.45) is 0. The molecule has 0 aliphatic carbocycles. The van der Waals surface area contributed by atoms with E-state index in [0.717, 1.165) is 16.9 Å². The number of benzene rings is 4. The summed E-state index contributed by atoms with van der Waals surface area (Å²) in [6, 6.07) is 35.2. The van der Waals surface area contributed by atoms with Gasteiger partial charge in [-0.15, -0.1) is 0 Å². The highest BCUT2D eigenvalue weighted by molar-refractivity contribution is 5.42. The molecule has 0 radical (unpaired) electrons. The molecule has 0 aliphatic rings. The van der Waals surface area contributed by atoms with Crippen molar-refractivity contribution in [2.45, 2.75) is 12.0 Å². The summed E-state index contributed by atoms with van der Waals surface area (Å²) in [7, 11) is 1.63. The van der Waals surface area contributed by atoms with E-state index >= 15 is 0 Å². The zero-order chi connectivity index (χ0) is 23.0. The van der Waals surface area contributed by atoms with Crippen LogP contribution in [0, 0.1) is 10.1 Å². The van der Waals surface area contributed by atoms with Crippen LogP contribution in [0.3, 0.4) is 0 Å². The Morgan fingerprint density at radius 3 is 1.88 bits per heavy atom. The normalized spacial score (nSPS) is 11.8. The third-order valence-corrected chi connectivity index (χ3v) is 5.79. The molecule has 0 aliphatic heterocycles. The van der Waals surface area contributed by atoms with Gasteiger partial charge in [0.2, 0.25) is 0 Å². The zero-order valence-electron chi connectivity index (χ0n) is 18.4. The Labute approximate surface area is 193 Å². The van der Waals surface area contributed by atoms with Crippen LogP contribution in [0.25, 0.3) is 0 Å². The third-order valence-electron chi connectivity index (χ3n) is 5.79.